The second-order valence-electron chi connectivity index (χ2n) is 10.5. The van der Waals surface area contributed by atoms with Gasteiger partial charge in [-0.25, -0.2) is 14.2 Å². The summed E-state index contributed by atoms with van der Waals surface area (Å²) in [5.74, 6) is -0.291. The SMILES string of the molecule is CC(C)(C)[C@@H](C(=O)N1CC(O)CC1C(=O)NCc1cc(=O)n2[nH]ccc2n1)n1cc(C2CC2)nn1. The predicted molar refractivity (Wildman–Crippen MR) is 124 cm³/mol. The van der Waals surface area contributed by atoms with E-state index < -0.39 is 29.5 Å². The van der Waals surface area contributed by atoms with Gasteiger partial charge in [0, 0.05) is 43.4 Å². The normalized spacial score (nSPS) is 21.4. The molecule has 1 aliphatic carbocycles. The molecule has 1 saturated carbocycles. The van der Waals surface area contributed by atoms with E-state index in [0.29, 0.717) is 17.3 Å². The number of aliphatic hydroxyl groups excluding tert-OH is 1. The molecule has 2 unspecified atom stereocenters. The lowest BCUT2D eigenvalue weighted by molar-refractivity contribution is -0.144. The average Bonchev–Trinajstić information content (AvgIpc) is 3.17. The second kappa shape index (κ2) is 8.59. The summed E-state index contributed by atoms with van der Waals surface area (Å²) in [6.45, 7) is 5.91. The van der Waals surface area contributed by atoms with Crippen LogP contribution in [0.3, 0.4) is 0 Å². The molecule has 2 fully saturated rings. The van der Waals surface area contributed by atoms with Crippen molar-refractivity contribution >= 4 is 17.5 Å². The van der Waals surface area contributed by atoms with Crippen molar-refractivity contribution < 1.29 is 14.7 Å². The van der Waals surface area contributed by atoms with Gasteiger partial charge in [0.1, 0.15) is 12.1 Å². The first-order valence-electron chi connectivity index (χ1n) is 11.9. The van der Waals surface area contributed by atoms with E-state index >= 15 is 0 Å². The van der Waals surface area contributed by atoms with Gasteiger partial charge in [0.2, 0.25) is 11.8 Å². The van der Waals surface area contributed by atoms with E-state index in [2.05, 4.69) is 25.7 Å². The third-order valence-electron chi connectivity index (χ3n) is 6.58. The van der Waals surface area contributed by atoms with Gasteiger partial charge in [0.15, 0.2) is 5.65 Å². The van der Waals surface area contributed by atoms with Gasteiger partial charge < -0.3 is 15.3 Å². The molecule has 186 valence electrons. The van der Waals surface area contributed by atoms with E-state index in [0.717, 1.165) is 18.5 Å². The van der Waals surface area contributed by atoms with Crippen LogP contribution in [0.15, 0.2) is 29.3 Å². The Morgan fingerprint density at radius 3 is 2.80 bits per heavy atom. The molecule has 0 bridgehead atoms. The zero-order valence-corrected chi connectivity index (χ0v) is 20.0. The minimum atomic E-state index is -0.842. The highest BCUT2D eigenvalue weighted by Gasteiger charge is 2.45. The summed E-state index contributed by atoms with van der Waals surface area (Å²) < 4.78 is 2.89. The highest BCUT2D eigenvalue weighted by molar-refractivity contribution is 5.90. The Bertz CT molecular complexity index is 1310. The minimum absolute atomic E-state index is 0.0287. The summed E-state index contributed by atoms with van der Waals surface area (Å²) in [5, 5.41) is 24.4. The van der Waals surface area contributed by atoms with Crippen molar-refractivity contribution in [1.29, 1.82) is 0 Å². The highest BCUT2D eigenvalue weighted by atomic mass is 16.3. The number of carbonyl (C=O) groups excluding carboxylic acids is 2. The Labute approximate surface area is 201 Å². The highest BCUT2D eigenvalue weighted by Crippen LogP contribution is 2.40. The zero-order valence-electron chi connectivity index (χ0n) is 20.0. The van der Waals surface area contributed by atoms with Crippen LogP contribution in [-0.4, -0.2) is 70.1 Å². The van der Waals surface area contributed by atoms with Crippen molar-refractivity contribution in [3.05, 3.63) is 46.3 Å². The molecule has 3 aromatic rings. The largest absolute Gasteiger partial charge is 0.391 e. The Kier molecular flexibility index (Phi) is 5.70. The molecule has 12 nitrogen and oxygen atoms in total. The molecular weight excluding hydrogens is 452 g/mol. The van der Waals surface area contributed by atoms with E-state index in [9.17, 15) is 19.5 Å². The van der Waals surface area contributed by atoms with Crippen molar-refractivity contribution in [2.45, 2.75) is 70.7 Å². The molecule has 0 radical (unpaired) electrons. The molecule has 2 aliphatic rings. The molecule has 3 aromatic heterocycles. The molecule has 35 heavy (non-hydrogen) atoms. The van der Waals surface area contributed by atoms with Crippen LogP contribution in [0.5, 0.6) is 0 Å². The molecule has 1 saturated heterocycles. The molecule has 1 aliphatic heterocycles. The first kappa shape index (κ1) is 23.2. The van der Waals surface area contributed by atoms with E-state index in [1.165, 1.54) is 15.5 Å². The molecule has 3 N–H and O–H groups in total. The number of hydrogen-bond acceptors (Lipinski definition) is 7. The summed E-state index contributed by atoms with van der Waals surface area (Å²) in [6.07, 6.45) is 4.90. The number of β-amino-alcohol motifs (C(OH)–C–C–N with tert-alkyl or cyclic N) is 1. The van der Waals surface area contributed by atoms with E-state index in [1.54, 1.807) is 16.9 Å². The van der Waals surface area contributed by atoms with E-state index in [4.69, 9.17) is 0 Å². The van der Waals surface area contributed by atoms with Crippen molar-refractivity contribution in [3.8, 4) is 0 Å². The number of nitrogens with one attached hydrogen (secondary N) is 2. The van der Waals surface area contributed by atoms with Gasteiger partial charge in [0.25, 0.3) is 5.56 Å². The van der Waals surface area contributed by atoms with Gasteiger partial charge in [-0.3, -0.25) is 19.5 Å². The predicted octanol–water partition coefficient (Wildman–Crippen LogP) is 0.357. The molecule has 12 heteroatoms. The second-order valence-corrected chi connectivity index (χ2v) is 10.5. The number of amides is 2. The minimum Gasteiger partial charge on any atom is -0.391 e. The fraction of sp³-hybridized carbons (Fsp3) is 0.565. The number of carbonyl (C=O) groups is 2. The molecule has 0 spiro atoms. The Balaban J connectivity index is 1.33. The van der Waals surface area contributed by atoms with Crippen molar-refractivity contribution in [2.75, 3.05) is 6.54 Å². The Morgan fingerprint density at radius 2 is 2.09 bits per heavy atom. The van der Waals surface area contributed by atoms with Gasteiger partial charge >= 0.3 is 0 Å². The van der Waals surface area contributed by atoms with Gasteiger partial charge in [-0.05, 0) is 18.3 Å². The van der Waals surface area contributed by atoms with E-state index in [1.807, 2.05) is 27.0 Å². The average molecular weight is 483 g/mol. The molecule has 3 atom stereocenters. The van der Waals surface area contributed by atoms with Crippen molar-refractivity contribution in [1.82, 2.24) is 39.8 Å². The molecule has 5 rings (SSSR count). The maximum absolute atomic E-state index is 13.8. The number of aromatic amines is 1. The van der Waals surface area contributed by atoms with Crippen LogP contribution in [0.4, 0.5) is 0 Å². The number of nitrogens with zero attached hydrogens (tertiary/aromatic N) is 6. The number of aromatic nitrogens is 6. The summed E-state index contributed by atoms with van der Waals surface area (Å²) in [6, 6.07) is 1.48. The quantitative estimate of drug-likeness (QED) is 0.459. The van der Waals surface area contributed by atoms with Crippen molar-refractivity contribution in [3.63, 3.8) is 0 Å². The zero-order chi connectivity index (χ0) is 24.9. The summed E-state index contributed by atoms with van der Waals surface area (Å²) >= 11 is 0. The fourth-order valence-electron chi connectivity index (χ4n) is 4.69. The van der Waals surface area contributed by atoms with Crippen molar-refractivity contribution in [2.24, 2.45) is 5.41 Å². The number of hydrogen-bond donors (Lipinski definition) is 3. The third kappa shape index (κ3) is 4.57. The van der Waals surface area contributed by atoms with Gasteiger partial charge in [-0.15, -0.1) is 5.10 Å². The van der Waals surface area contributed by atoms with Crippen LogP contribution in [-0.2, 0) is 16.1 Å². The van der Waals surface area contributed by atoms with Crippen LogP contribution < -0.4 is 10.9 Å². The number of H-pyrrole nitrogens is 1. The molecule has 2 amide bonds. The van der Waals surface area contributed by atoms with Gasteiger partial charge in [0.05, 0.1) is 24.0 Å². The lowest BCUT2D eigenvalue weighted by Crippen LogP contribution is -2.50. The first-order chi connectivity index (χ1) is 16.6. The fourth-order valence-corrected chi connectivity index (χ4v) is 4.69. The maximum Gasteiger partial charge on any atom is 0.272 e. The van der Waals surface area contributed by atoms with Crippen LogP contribution in [0, 0.1) is 5.41 Å². The maximum atomic E-state index is 13.8. The molecular formula is C23H30N8O4. The molecule has 0 aromatic carbocycles. The smallest absolute Gasteiger partial charge is 0.272 e. The van der Waals surface area contributed by atoms with Crippen LogP contribution in [0.25, 0.3) is 5.65 Å². The summed E-state index contributed by atoms with van der Waals surface area (Å²) in [5.41, 5.74) is 0.941. The van der Waals surface area contributed by atoms with Crippen LogP contribution >= 0.6 is 0 Å². The number of likely N-dealkylation sites (tertiary alicyclic amines) is 1. The Morgan fingerprint density at radius 1 is 1.31 bits per heavy atom. The summed E-state index contributed by atoms with van der Waals surface area (Å²) in [4.78, 5) is 44.9. The monoisotopic (exact) mass is 482 g/mol. The third-order valence-corrected chi connectivity index (χ3v) is 6.58. The first-order valence-corrected chi connectivity index (χ1v) is 11.9. The van der Waals surface area contributed by atoms with E-state index in [-0.39, 0.29) is 31.0 Å². The number of rotatable bonds is 6. The standard InChI is InChI=1S/C23H30N8O4/c1-23(2,3)20(30-12-16(27-28-30)13-4-5-13)22(35)29-11-15(32)9-17(29)21(34)24-10-14-8-19(33)31-18(26-14)6-7-25-31/h6-8,12-13,15,17,20,25,32H,4-5,9-11H2,1-3H3,(H,24,34)/t15?,17?,20-/m1/s1. The van der Waals surface area contributed by atoms with Crippen LogP contribution in [0.2, 0.25) is 0 Å². The van der Waals surface area contributed by atoms with Gasteiger partial charge in [-0.1, -0.05) is 26.0 Å². The van der Waals surface area contributed by atoms with Gasteiger partial charge in [-0.2, -0.15) is 0 Å². The molecule has 4 heterocycles. The summed E-state index contributed by atoms with van der Waals surface area (Å²) in [7, 11) is 0. The topological polar surface area (TPSA) is 151 Å². The lowest BCUT2D eigenvalue weighted by Gasteiger charge is -2.34. The Hall–Kier alpha value is -3.54. The lowest BCUT2D eigenvalue weighted by atomic mass is 9.85. The number of aliphatic hydroxyl groups is 1. The van der Waals surface area contributed by atoms with Crippen LogP contribution in [0.1, 0.15) is 63.4 Å². The number of fused-ring (bicyclic) bond motifs is 1.